The van der Waals surface area contributed by atoms with Crippen molar-refractivity contribution in [2.24, 2.45) is 0 Å². The maximum atomic E-state index is 14.1. The van der Waals surface area contributed by atoms with E-state index >= 15 is 0 Å². The summed E-state index contributed by atoms with van der Waals surface area (Å²) in [5, 5.41) is 7.18. The van der Waals surface area contributed by atoms with Gasteiger partial charge in [0.25, 0.3) is 0 Å². The minimum atomic E-state index is -0.754. The monoisotopic (exact) mass is 281 g/mol. The largest absolute Gasteiger partial charge is 0.306 e. The zero-order valence-corrected chi connectivity index (χ0v) is 11.9. The molecule has 0 spiro atoms. The average molecular weight is 281 g/mol. The quantitative estimate of drug-likeness (QED) is 0.855. The SMILES string of the molecule is CCCNC(c1ccsc1)c1ccc(C)c(F)c1F. The summed E-state index contributed by atoms with van der Waals surface area (Å²) < 4.78 is 27.8. The van der Waals surface area contributed by atoms with Gasteiger partial charge in [0.2, 0.25) is 0 Å². The number of rotatable bonds is 5. The van der Waals surface area contributed by atoms with Crippen LogP contribution in [0.25, 0.3) is 0 Å². The van der Waals surface area contributed by atoms with E-state index in [2.05, 4.69) is 5.32 Å². The average Bonchev–Trinajstić information content (AvgIpc) is 2.92. The number of thiophene rings is 1. The lowest BCUT2D eigenvalue weighted by molar-refractivity contribution is 0.476. The summed E-state index contributed by atoms with van der Waals surface area (Å²) in [6.07, 6.45) is 0.941. The van der Waals surface area contributed by atoms with Gasteiger partial charge in [-0.15, -0.1) is 0 Å². The molecule has 0 bridgehead atoms. The molecule has 0 saturated carbocycles. The third kappa shape index (κ3) is 3.01. The van der Waals surface area contributed by atoms with Crippen molar-refractivity contribution in [3.63, 3.8) is 0 Å². The highest BCUT2D eigenvalue weighted by molar-refractivity contribution is 7.08. The molecule has 2 aromatic rings. The van der Waals surface area contributed by atoms with E-state index in [0.717, 1.165) is 18.5 Å². The van der Waals surface area contributed by atoms with E-state index in [9.17, 15) is 8.78 Å². The van der Waals surface area contributed by atoms with Gasteiger partial charge in [-0.05, 0) is 47.8 Å². The molecular formula is C15H17F2NS. The second-order valence-corrected chi connectivity index (χ2v) is 5.32. The van der Waals surface area contributed by atoms with E-state index in [0.29, 0.717) is 11.1 Å². The van der Waals surface area contributed by atoms with Gasteiger partial charge in [-0.2, -0.15) is 11.3 Å². The molecule has 2 rings (SSSR count). The van der Waals surface area contributed by atoms with Gasteiger partial charge in [-0.25, -0.2) is 8.78 Å². The highest BCUT2D eigenvalue weighted by atomic mass is 32.1. The van der Waals surface area contributed by atoms with Gasteiger partial charge in [0, 0.05) is 5.56 Å². The van der Waals surface area contributed by atoms with Crippen molar-refractivity contribution in [3.8, 4) is 0 Å². The minimum Gasteiger partial charge on any atom is -0.306 e. The van der Waals surface area contributed by atoms with E-state index in [1.54, 1.807) is 30.4 Å². The lowest BCUT2D eigenvalue weighted by atomic mass is 9.99. The standard InChI is InChI=1S/C15H17F2NS/c1-3-7-18-15(11-6-8-19-9-11)12-5-4-10(2)13(16)14(12)17/h4-6,8-9,15,18H,3,7H2,1-2H3. The summed E-state index contributed by atoms with van der Waals surface area (Å²) in [6.45, 7) is 4.38. The molecule has 0 radical (unpaired) electrons. The Hall–Kier alpha value is -1.26. The molecule has 4 heteroatoms. The molecule has 1 nitrogen and oxygen atoms in total. The zero-order valence-electron chi connectivity index (χ0n) is 11.0. The Morgan fingerprint density at radius 3 is 2.63 bits per heavy atom. The number of aryl methyl sites for hydroxylation is 1. The van der Waals surface area contributed by atoms with E-state index in [1.807, 2.05) is 23.8 Å². The number of halogens is 2. The summed E-state index contributed by atoms with van der Waals surface area (Å²) >= 11 is 1.55. The molecule has 19 heavy (non-hydrogen) atoms. The molecule has 102 valence electrons. The van der Waals surface area contributed by atoms with Crippen LogP contribution in [0.5, 0.6) is 0 Å². The summed E-state index contributed by atoms with van der Waals surface area (Å²) in [4.78, 5) is 0. The van der Waals surface area contributed by atoms with Gasteiger partial charge in [-0.3, -0.25) is 0 Å². The molecule has 1 N–H and O–H groups in total. The van der Waals surface area contributed by atoms with Gasteiger partial charge >= 0.3 is 0 Å². The Morgan fingerprint density at radius 2 is 2.00 bits per heavy atom. The van der Waals surface area contributed by atoms with Crippen LogP contribution in [0.3, 0.4) is 0 Å². The fraction of sp³-hybridized carbons (Fsp3) is 0.333. The van der Waals surface area contributed by atoms with Crippen molar-refractivity contribution in [2.75, 3.05) is 6.54 Å². The van der Waals surface area contributed by atoms with Crippen molar-refractivity contribution in [2.45, 2.75) is 26.3 Å². The Balaban J connectivity index is 2.41. The first kappa shape index (κ1) is 14.2. The predicted molar refractivity (Wildman–Crippen MR) is 75.6 cm³/mol. The topological polar surface area (TPSA) is 12.0 Å². The highest BCUT2D eigenvalue weighted by Crippen LogP contribution is 2.28. The van der Waals surface area contributed by atoms with Crippen LogP contribution in [0, 0.1) is 18.6 Å². The Kier molecular flexibility index (Phi) is 4.66. The third-order valence-electron chi connectivity index (χ3n) is 3.09. The van der Waals surface area contributed by atoms with Crippen LogP contribution in [0.2, 0.25) is 0 Å². The van der Waals surface area contributed by atoms with Crippen LogP contribution in [-0.2, 0) is 0 Å². The highest BCUT2D eigenvalue weighted by Gasteiger charge is 2.20. The number of nitrogens with one attached hydrogen (secondary N) is 1. The summed E-state index contributed by atoms with van der Waals surface area (Å²) in [7, 11) is 0. The zero-order chi connectivity index (χ0) is 13.8. The lowest BCUT2D eigenvalue weighted by Crippen LogP contribution is -2.24. The summed E-state index contributed by atoms with van der Waals surface area (Å²) in [5.74, 6) is -1.50. The first-order valence-electron chi connectivity index (χ1n) is 6.35. The maximum absolute atomic E-state index is 14.1. The van der Waals surface area contributed by atoms with E-state index in [4.69, 9.17) is 0 Å². The van der Waals surface area contributed by atoms with Gasteiger partial charge in [-0.1, -0.05) is 19.1 Å². The molecular weight excluding hydrogens is 264 g/mol. The summed E-state index contributed by atoms with van der Waals surface area (Å²) in [6, 6.07) is 4.94. The molecule has 0 fully saturated rings. The normalized spacial score (nSPS) is 12.6. The maximum Gasteiger partial charge on any atom is 0.164 e. The molecule has 1 unspecified atom stereocenters. The van der Waals surface area contributed by atoms with Crippen LogP contribution in [0.1, 0.15) is 36.1 Å². The van der Waals surface area contributed by atoms with Gasteiger partial charge in [0.15, 0.2) is 11.6 Å². The molecule has 1 aromatic heterocycles. The predicted octanol–water partition coefficient (Wildman–Crippen LogP) is 4.42. The number of hydrogen-bond donors (Lipinski definition) is 1. The molecule has 1 aromatic carbocycles. The molecule has 0 amide bonds. The van der Waals surface area contributed by atoms with Crippen LogP contribution >= 0.6 is 11.3 Å². The molecule has 0 aliphatic carbocycles. The van der Waals surface area contributed by atoms with Crippen molar-refractivity contribution in [1.29, 1.82) is 0 Å². The first-order valence-corrected chi connectivity index (χ1v) is 7.29. The molecule has 0 saturated heterocycles. The first-order chi connectivity index (χ1) is 9.15. The van der Waals surface area contributed by atoms with Crippen LogP contribution < -0.4 is 5.32 Å². The van der Waals surface area contributed by atoms with Crippen molar-refractivity contribution in [1.82, 2.24) is 5.32 Å². The molecule has 0 aliphatic rings. The van der Waals surface area contributed by atoms with Crippen LogP contribution in [0.4, 0.5) is 8.78 Å². The van der Waals surface area contributed by atoms with Crippen molar-refractivity contribution < 1.29 is 8.78 Å². The second-order valence-electron chi connectivity index (χ2n) is 4.54. The van der Waals surface area contributed by atoms with Crippen LogP contribution in [0.15, 0.2) is 29.0 Å². The molecule has 1 atom stereocenters. The van der Waals surface area contributed by atoms with E-state index in [-0.39, 0.29) is 6.04 Å². The third-order valence-corrected chi connectivity index (χ3v) is 3.79. The van der Waals surface area contributed by atoms with Gasteiger partial charge in [0.1, 0.15) is 0 Å². The van der Waals surface area contributed by atoms with Crippen LogP contribution in [-0.4, -0.2) is 6.54 Å². The Bertz CT molecular complexity index is 537. The summed E-state index contributed by atoms with van der Waals surface area (Å²) in [5.41, 5.74) is 1.68. The number of hydrogen-bond acceptors (Lipinski definition) is 2. The van der Waals surface area contributed by atoms with Gasteiger partial charge in [0.05, 0.1) is 6.04 Å². The number of benzene rings is 1. The fourth-order valence-corrected chi connectivity index (χ4v) is 2.71. The fourth-order valence-electron chi connectivity index (χ4n) is 2.02. The lowest BCUT2D eigenvalue weighted by Gasteiger charge is -2.19. The van der Waals surface area contributed by atoms with E-state index < -0.39 is 11.6 Å². The molecule has 1 heterocycles. The Labute approximate surface area is 116 Å². The van der Waals surface area contributed by atoms with E-state index in [1.165, 1.54) is 0 Å². The Morgan fingerprint density at radius 1 is 1.21 bits per heavy atom. The second kappa shape index (κ2) is 6.26. The van der Waals surface area contributed by atoms with Gasteiger partial charge < -0.3 is 5.32 Å². The van der Waals surface area contributed by atoms with Crippen molar-refractivity contribution >= 4 is 11.3 Å². The minimum absolute atomic E-state index is 0.290. The smallest absolute Gasteiger partial charge is 0.164 e. The van der Waals surface area contributed by atoms with Crippen molar-refractivity contribution in [3.05, 3.63) is 57.3 Å². The molecule has 0 aliphatic heterocycles.